The highest BCUT2D eigenvalue weighted by atomic mass is 16.2. The topological polar surface area (TPSA) is 50.3 Å². The number of ketones is 1. The van der Waals surface area contributed by atoms with Crippen molar-refractivity contribution in [2.24, 2.45) is 17.8 Å². The molecule has 0 saturated heterocycles. The summed E-state index contributed by atoms with van der Waals surface area (Å²) in [6, 6.07) is 2.13. The Hall–Kier alpha value is -2.23. The summed E-state index contributed by atoms with van der Waals surface area (Å²) in [4.78, 5) is 31.5. The van der Waals surface area contributed by atoms with Crippen molar-refractivity contribution in [3.63, 3.8) is 0 Å². The summed E-state index contributed by atoms with van der Waals surface area (Å²) in [7, 11) is 0. The number of aromatic nitrogens is 1. The average molecular weight is 362 g/mol. The second-order valence-corrected chi connectivity index (χ2v) is 8.63. The summed E-state index contributed by atoms with van der Waals surface area (Å²) in [5, 5.41) is 0. The minimum absolute atomic E-state index is 0.257. The number of carbonyl (C=O) groups excluding carboxylic acids is 2. The van der Waals surface area contributed by atoms with Gasteiger partial charge in [-0.1, -0.05) is 25.2 Å². The third-order valence-corrected chi connectivity index (χ3v) is 6.47. The monoisotopic (exact) mass is 362 g/mol. The van der Waals surface area contributed by atoms with E-state index in [0.29, 0.717) is 30.6 Å². The maximum absolute atomic E-state index is 12.5. The van der Waals surface area contributed by atoms with Gasteiger partial charge in [0.2, 0.25) is 5.91 Å². The molecular weight excluding hydrogens is 336 g/mol. The Morgan fingerprint density at radius 2 is 2.11 bits per heavy atom. The van der Waals surface area contributed by atoms with E-state index in [1.165, 1.54) is 16.7 Å². The zero-order chi connectivity index (χ0) is 18.5. The number of rotatable bonds is 5. The number of nitrogens with zero attached hydrogens (tertiary/aromatic N) is 2. The van der Waals surface area contributed by atoms with Gasteiger partial charge >= 0.3 is 0 Å². The van der Waals surface area contributed by atoms with Crippen molar-refractivity contribution in [3.05, 3.63) is 40.7 Å². The van der Waals surface area contributed by atoms with Crippen molar-refractivity contribution < 1.29 is 9.59 Å². The Kier molecular flexibility index (Phi) is 4.03. The summed E-state index contributed by atoms with van der Waals surface area (Å²) in [6.07, 6.45) is 11.9. The molecule has 1 amide bonds. The molecule has 0 N–H and O–H groups in total. The Morgan fingerprint density at radius 3 is 2.78 bits per heavy atom. The molecule has 0 aromatic carbocycles. The van der Waals surface area contributed by atoms with E-state index in [1.807, 2.05) is 4.90 Å². The molecule has 0 radical (unpaired) electrons. The summed E-state index contributed by atoms with van der Waals surface area (Å²) < 4.78 is 0. The lowest BCUT2D eigenvalue weighted by Gasteiger charge is -2.27. The van der Waals surface area contributed by atoms with Crippen LogP contribution in [0.2, 0.25) is 0 Å². The standard InChI is InChI=1S/C23H26N2O2/c1-14-11-19(14)23(27)25-9-7-15(8-10-25)20-12-17(13-22(26)16-5-6-16)24-21-4-2-3-18(20)21/h2-3,7,12,14,16,19H,4-6,8-11,13H2,1H3. The van der Waals surface area contributed by atoms with Crippen LogP contribution >= 0.6 is 0 Å². The largest absolute Gasteiger partial charge is 0.338 e. The number of fused-ring (bicyclic) bond motifs is 1. The number of carbonyl (C=O) groups is 2. The highest BCUT2D eigenvalue weighted by Crippen LogP contribution is 2.40. The lowest BCUT2D eigenvalue weighted by Crippen LogP contribution is -2.36. The van der Waals surface area contributed by atoms with Crippen molar-refractivity contribution in [1.82, 2.24) is 9.88 Å². The first-order valence-corrected chi connectivity index (χ1v) is 10.3. The van der Waals surface area contributed by atoms with Gasteiger partial charge in [-0.2, -0.15) is 0 Å². The zero-order valence-electron chi connectivity index (χ0n) is 15.9. The minimum atomic E-state index is 0.257. The van der Waals surface area contributed by atoms with Crippen LogP contribution in [0.15, 0.2) is 18.2 Å². The molecule has 1 aromatic heterocycles. The number of allylic oxidation sites excluding steroid dienone is 1. The second-order valence-electron chi connectivity index (χ2n) is 8.63. The van der Waals surface area contributed by atoms with Gasteiger partial charge in [-0.05, 0) is 48.8 Å². The van der Waals surface area contributed by atoms with E-state index in [2.05, 4.69) is 31.2 Å². The second kappa shape index (κ2) is 6.43. The molecule has 2 heterocycles. The lowest BCUT2D eigenvalue weighted by atomic mass is 9.93. The van der Waals surface area contributed by atoms with Crippen LogP contribution in [0.1, 0.15) is 55.1 Å². The van der Waals surface area contributed by atoms with Crippen LogP contribution in [0.25, 0.3) is 11.6 Å². The van der Waals surface area contributed by atoms with Crippen LogP contribution in [0.3, 0.4) is 0 Å². The predicted molar refractivity (Wildman–Crippen MR) is 105 cm³/mol. The maximum atomic E-state index is 12.5. The van der Waals surface area contributed by atoms with Gasteiger partial charge < -0.3 is 4.90 Å². The van der Waals surface area contributed by atoms with E-state index < -0.39 is 0 Å². The molecule has 27 heavy (non-hydrogen) atoms. The van der Waals surface area contributed by atoms with Crippen molar-refractivity contribution in [2.45, 2.75) is 45.4 Å². The fourth-order valence-electron chi connectivity index (χ4n) is 4.39. The molecule has 0 spiro atoms. The average Bonchev–Trinajstić information content (AvgIpc) is 3.59. The normalized spacial score (nSPS) is 26.0. The quantitative estimate of drug-likeness (QED) is 0.806. The first-order valence-electron chi connectivity index (χ1n) is 10.3. The lowest BCUT2D eigenvalue weighted by molar-refractivity contribution is -0.132. The van der Waals surface area contributed by atoms with E-state index in [4.69, 9.17) is 4.98 Å². The zero-order valence-corrected chi connectivity index (χ0v) is 15.9. The summed E-state index contributed by atoms with van der Waals surface area (Å²) in [6.45, 7) is 3.66. The van der Waals surface area contributed by atoms with Crippen molar-refractivity contribution in [3.8, 4) is 0 Å². The highest BCUT2D eigenvalue weighted by molar-refractivity contribution is 5.86. The molecule has 2 fully saturated rings. The van der Waals surface area contributed by atoms with E-state index in [9.17, 15) is 9.59 Å². The number of Topliss-reactive ketones (excluding diaryl/α,β-unsaturated/α-hetero) is 1. The first kappa shape index (κ1) is 16.9. The van der Waals surface area contributed by atoms with Gasteiger partial charge in [-0.15, -0.1) is 0 Å². The molecule has 4 aliphatic rings. The van der Waals surface area contributed by atoms with Crippen molar-refractivity contribution in [2.75, 3.05) is 13.1 Å². The smallest absolute Gasteiger partial charge is 0.226 e. The Bertz CT molecular complexity index is 879. The Balaban J connectivity index is 1.38. The number of hydrogen-bond acceptors (Lipinski definition) is 3. The van der Waals surface area contributed by atoms with Crippen molar-refractivity contribution >= 4 is 23.3 Å². The van der Waals surface area contributed by atoms with Gasteiger partial charge in [0.15, 0.2) is 0 Å². The molecule has 4 nitrogen and oxygen atoms in total. The molecule has 1 aliphatic heterocycles. The van der Waals surface area contributed by atoms with Crippen LogP contribution in [0.5, 0.6) is 0 Å². The molecule has 0 bridgehead atoms. The highest BCUT2D eigenvalue weighted by Gasteiger charge is 2.41. The Labute approximate surface area is 160 Å². The predicted octanol–water partition coefficient (Wildman–Crippen LogP) is 3.44. The molecule has 2 unspecified atom stereocenters. The number of hydrogen-bond donors (Lipinski definition) is 0. The van der Waals surface area contributed by atoms with Gasteiger partial charge in [0, 0.05) is 49.0 Å². The SMILES string of the molecule is CC1CC1C(=O)N1CC=C(c2cc(CC(=O)C3CC3)nc3c2C=CC3)CC1. The van der Waals surface area contributed by atoms with E-state index in [-0.39, 0.29) is 11.8 Å². The van der Waals surface area contributed by atoms with Gasteiger partial charge in [-0.25, -0.2) is 0 Å². The van der Waals surface area contributed by atoms with Gasteiger partial charge in [0.1, 0.15) is 5.78 Å². The van der Waals surface area contributed by atoms with E-state index in [1.54, 1.807) is 0 Å². The molecule has 140 valence electrons. The van der Waals surface area contributed by atoms with Gasteiger partial charge in [0.05, 0.1) is 5.69 Å². The van der Waals surface area contributed by atoms with Crippen LogP contribution in [0.4, 0.5) is 0 Å². The number of amides is 1. The fraction of sp³-hybridized carbons (Fsp3) is 0.522. The van der Waals surface area contributed by atoms with Crippen LogP contribution in [0, 0.1) is 17.8 Å². The summed E-state index contributed by atoms with van der Waals surface area (Å²) in [5.41, 5.74) is 5.74. The fourth-order valence-corrected chi connectivity index (χ4v) is 4.39. The molecule has 5 rings (SSSR count). The molecule has 4 heteroatoms. The van der Waals surface area contributed by atoms with E-state index in [0.717, 1.165) is 50.0 Å². The summed E-state index contributed by atoms with van der Waals surface area (Å²) in [5.74, 6) is 1.76. The molecule has 3 aliphatic carbocycles. The molecule has 2 saturated carbocycles. The Morgan fingerprint density at radius 1 is 1.30 bits per heavy atom. The molecular formula is C23H26N2O2. The van der Waals surface area contributed by atoms with Gasteiger partial charge in [0.25, 0.3) is 0 Å². The first-order chi connectivity index (χ1) is 13.1. The van der Waals surface area contributed by atoms with Crippen LogP contribution < -0.4 is 0 Å². The van der Waals surface area contributed by atoms with Crippen LogP contribution in [-0.4, -0.2) is 34.7 Å². The van der Waals surface area contributed by atoms with E-state index >= 15 is 0 Å². The van der Waals surface area contributed by atoms with Crippen LogP contribution in [-0.2, 0) is 22.4 Å². The summed E-state index contributed by atoms with van der Waals surface area (Å²) >= 11 is 0. The number of pyridine rings is 1. The van der Waals surface area contributed by atoms with Crippen molar-refractivity contribution in [1.29, 1.82) is 0 Å². The van der Waals surface area contributed by atoms with Gasteiger partial charge in [-0.3, -0.25) is 14.6 Å². The maximum Gasteiger partial charge on any atom is 0.226 e. The molecule has 1 aromatic rings. The molecule has 2 atom stereocenters. The third kappa shape index (κ3) is 3.26. The third-order valence-electron chi connectivity index (χ3n) is 6.47. The minimum Gasteiger partial charge on any atom is -0.338 e.